The van der Waals surface area contributed by atoms with Gasteiger partial charge in [-0.1, -0.05) is 30.3 Å². The lowest BCUT2D eigenvalue weighted by Crippen LogP contribution is -2.50. The Bertz CT molecular complexity index is 412. The monoisotopic (exact) mass is 312 g/mol. The molecule has 1 fully saturated rings. The molecule has 1 aliphatic rings. The molecule has 1 aromatic carbocycles. The highest BCUT2D eigenvalue weighted by Gasteiger charge is 2.37. The van der Waals surface area contributed by atoms with Gasteiger partial charge in [-0.05, 0) is 5.56 Å². The number of hydrogen-bond donors (Lipinski definition) is 2. The fourth-order valence-electron chi connectivity index (χ4n) is 2.29. The minimum Gasteiger partial charge on any atom is -0.390 e. The zero-order chi connectivity index (χ0) is 15.8. The molecule has 0 spiro atoms. The Hall–Kier alpha value is -1.02. The van der Waals surface area contributed by atoms with Crippen molar-refractivity contribution >= 4 is 0 Å². The first-order valence-electron chi connectivity index (χ1n) is 7.44. The summed E-state index contributed by atoms with van der Waals surface area (Å²) < 4.78 is 21.5. The molecule has 0 unspecified atom stereocenters. The smallest absolute Gasteiger partial charge is 0.186 e. The third-order valence-corrected chi connectivity index (χ3v) is 3.49. The highest BCUT2D eigenvalue weighted by molar-refractivity contribution is 5.13. The van der Waals surface area contributed by atoms with E-state index >= 15 is 0 Å². The van der Waals surface area contributed by atoms with Gasteiger partial charge in [0.15, 0.2) is 6.29 Å². The number of benzene rings is 1. The maximum absolute atomic E-state index is 9.89. The molecule has 0 aliphatic carbocycles. The summed E-state index contributed by atoms with van der Waals surface area (Å²) in [6.07, 6.45) is -2.78. The van der Waals surface area contributed by atoms with E-state index in [0.29, 0.717) is 32.8 Å². The van der Waals surface area contributed by atoms with Crippen LogP contribution in [0, 0.1) is 0 Å². The first kappa shape index (κ1) is 17.3. The molecule has 1 heterocycles. The number of rotatable bonds is 8. The van der Waals surface area contributed by atoms with Gasteiger partial charge in [0.2, 0.25) is 0 Å². The Morgan fingerprint density at radius 3 is 2.68 bits per heavy atom. The molecule has 0 aromatic heterocycles. The fourth-order valence-corrected chi connectivity index (χ4v) is 2.29. The summed E-state index contributed by atoms with van der Waals surface area (Å²) in [5.74, 6) is 0. The van der Waals surface area contributed by atoms with Gasteiger partial charge in [-0.2, -0.15) is 0 Å². The molecule has 22 heavy (non-hydrogen) atoms. The van der Waals surface area contributed by atoms with Crippen molar-refractivity contribution in [1.82, 2.24) is 0 Å². The first-order chi connectivity index (χ1) is 10.7. The van der Waals surface area contributed by atoms with Gasteiger partial charge >= 0.3 is 0 Å². The second-order valence-corrected chi connectivity index (χ2v) is 5.28. The van der Waals surface area contributed by atoms with Gasteiger partial charge in [-0.15, -0.1) is 0 Å². The van der Waals surface area contributed by atoms with Crippen LogP contribution in [-0.2, 0) is 25.6 Å². The molecule has 4 atom stereocenters. The van der Waals surface area contributed by atoms with Crippen molar-refractivity contribution < 1.29 is 29.2 Å². The van der Waals surface area contributed by atoms with Crippen LogP contribution in [0.2, 0.25) is 0 Å². The fraction of sp³-hybridized carbons (Fsp3) is 0.625. The summed E-state index contributed by atoms with van der Waals surface area (Å²) in [5, 5.41) is 19.8. The standard InChI is InChI=1S/C16H24O6/c1-19-7-8-21-16-15(18)14(17)9-13(22-16)11-20-10-12-5-3-2-4-6-12/h2-6,13-18H,7-11H2,1H3/t13-,14-,15-,16-/m1/s1. The van der Waals surface area contributed by atoms with Gasteiger partial charge in [-0.3, -0.25) is 0 Å². The summed E-state index contributed by atoms with van der Waals surface area (Å²) in [4.78, 5) is 0. The van der Waals surface area contributed by atoms with Crippen LogP contribution < -0.4 is 0 Å². The predicted molar refractivity (Wildman–Crippen MR) is 79.2 cm³/mol. The Labute approximate surface area is 130 Å². The molecule has 1 aliphatic heterocycles. The van der Waals surface area contributed by atoms with E-state index in [1.807, 2.05) is 30.3 Å². The summed E-state index contributed by atoms with van der Waals surface area (Å²) in [5.41, 5.74) is 1.08. The SMILES string of the molecule is COCCO[C@@H]1O[C@@H](COCc2ccccc2)C[C@@H](O)[C@H]1O. The van der Waals surface area contributed by atoms with Crippen LogP contribution in [0.15, 0.2) is 30.3 Å². The molecule has 6 heteroatoms. The van der Waals surface area contributed by atoms with Crippen LogP contribution in [0.25, 0.3) is 0 Å². The highest BCUT2D eigenvalue weighted by atomic mass is 16.7. The summed E-state index contributed by atoms with van der Waals surface area (Å²) in [7, 11) is 1.57. The Morgan fingerprint density at radius 2 is 1.95 bits per heavy atom. The number of ether oxygens (including phenoxy) is 4. The molecule has 6 nitrogen and oxygen atoms in total. The molecule has 2 N–H and O–H groups in total. The Balaban J connectivity index is 1.75. The second kappa shape index (κ2) is 9.19. The Kier molecular flexibility index (Phi) is 7.24. The highest BCUT2D eigenvalue weighted by Crippen LogP contribution is 2.22. The van der Waals surface area contributed by atoms with Gasteiger partial charge in [0.1, 0.15) is 6.10 Å². The lowest BCUT2D eigenvalue weighted by molar-refractivity contribution is -0.275. The van der Waals surface area contributed by atoms with Crippen molar-refractivity contribution in [3.05, 3.63) is 35.9 Å². The largest absolute Gasteiger partial charge is 0.390 e. The van der Waals surface area contributed by atoms with Crippen LogP contribution in [0.4, 0.5) is 0 Å². The quantitative estimate of drug-likeness (QED) is 0.688. The summed E-state index contributed by atoms with van der Waals surface area (Å²) in [6.45, 7) is 1.51. The van der Waals surface area contributed by atoms with Gasteiger partial charge in [0.25, 0.3) is 0 Å². The van der Waals surface area contributed by atoms with Gasteiger partial charge in [-0.25, -0.2) is 0 Å². The second-order valence-electron chi connectivity index (χ2n) is 5.28. The molecule has 0 amide bonds. The number of aliphatic hydroxyl groups is 2. The number of aliphatic hydroxyl groups excluding tert-OH is 2. The van der Waals surface area contributed by atoms with E-state index in [-0.39, 0.29) is 6.10 Å². The molecule has 124 valence electrons. The maximum atomic E-state index is 9.89. The lowest BCUT2D eigenvalue weighted by atomic mass is 10.0. The predicted octanol–water partition coefficient (Wildman–Crippen LogP) is 0.703. The summed E-state index contributed by atoms with van der Waals surface area (Å²) >= 11 is 0. The van der Waals surface area contributed by atoms with Crippen LogP contribution >= 0.6 is 0 Å². The van der Waals surface area contributed by atoms with Crippen molar-refractivity contribution in [2.45, 2.75) is 37.6 Å². The van der Waals surface area contributed by atoms with Crippen LogP contribution in [0.5, 0.6) is 0 Å². The normalized spacial score (nSPS) is 28.7. The van der Waals surface area contributed by atoms with E-state index in [1.165, 1.54) is 0 Å². The topological polar surface area (TPSA) is 77.4 Å². The summed E-state index contributed by atoms with van der Waals surface area (Å²) in [6, 6.07) is 9.83. The third-order valence-electron chi connectivity index (χ3n) is 3.49. The minimum atomic E-state index is -1.05. The van der Waals surface area contributed by atoms with Crippen molar-refractivity contribution in [2.75, 3.05) is 26.9 Å². The van der Waals surface area contributed by atoms with E-state index in [1.54, 1.807) is 7.11 Å². The number of methoxy groups -OCH3 is 1. The van der Waals surface area contributed by atoms with Crippen molar-refractivity contribution in [2.24, 2.45) is 0 Å². The molecule has 0 saturated carbocycles. The van der Waals surface area contributed by atoms with Crippen molar-refractivity contribution in [1.29, 1.82) is 0 Å². The third kappa shape index (κ3) is 5.31. The van der Waals surface area contributed by atoms with Gasteiger partial charge in [0.05, 0.1) is 38.6 Å². The average Bonchev–Trinajstić information content (AvgIpc) is 2.53. The van der Waals surface area contributed by atoms with E-state index < -0.39 is 18.5 Å². The Morgan fingerprint density at radius 1 is 1.18 bits per heavy atom. The molecule has 2 rings (SSSR count). The molecule has 0 bridgehead atoms. The zero-order valence-corrected chi connectivity index (χ0v) is 12.8. The van der Waals surface area contributed by atoms with Crippen LogP contribution in [0.1, 0.15) is 12.0 Å². The zero-order valence-electron chi connectivity index (χ0n) is 12.8. The molecule has 1 saturated heterocycles. The van der Waals surface area contributed by atoms with E-state index in [0.717, 1.165) is 5.56 Å². The molecular formula is C16H24O6. The van der Waals surface area contributed by atoms with E-state index in [4.69, 9.17) is 18.9 Å². The maximum Gasteiger partial charge on any atom is 0.186 e. The van der Waals surface area contributed by atoms with E-state index in [9.17, 15) is 10.2 Å². The molecule has 0 radical (unpaired) electrons. The first-order valence-corrected chi connectivity index (χ1v) is 7.44. The van der Waals surface area contributed by atoms with Gasteiger partial charge in [0, 0.05) is 13.5 Å². The van der Waals surface area contributed by atoms with Crippen LogP contribution in [0.3, 0.4) is 0 Å². The minimum absolute atomic E-state index is 0.294. The van der Waals surface area contributed by atoms with Crippen molar-refractivity contribution in [3.8, 4) is 0 Å². The molecule has 1 aromatic rings. The van der Waals surface area contributed by atoms with Crippen molar-refractivity contribution in [3.63, 3.8) is 0 Å². The van der Waals surface area contributed by atoms with Gasteiger partial charge < -0.3 is 29.2 Å². The average molecular weight is 312 g/mol. The van der Waals surface area contributed by atoms with E-state index in [2.05, 4.69) is 0 Å². The van der Waals surface area contributed by atoms with Crippen LogP contribution in [-0.4, -0.2) is 61.7 Å². The lowest BCUT2D eigenvalue weighted by Gasteiger charge is -2.36. The molecular weight excluding hydrogens is 288 g/mol. The number of hydrogen-bond acceptors (Lipinski definition) is 6.